The van der Waals surface area contributed by atoms with Crippen molar-refractivity contribution in [2.75, 3.05) is 25.4 Å². The number of rotatable bonds is 6. The number of cyclic esters (lactones) is 1. The van der Waals surface area contributed by atoms with Gasteiger partial charge in [0.25, 0.3) is 0 Å². The van der Waals surface area contributed by atoms with Crippen LogP contribution < -0.4 is 21.7 Å². The summed E-state index contributed by atoms with van der Waals surface area (Å²) in [5, 5.41) is 46.9. The van der Waals surface area contributed by atoms with Gasteiger partial charge in [-0.3, -0.25) is 24.0 Å². The van der Waals surface area contributed by atoms with E-state index in [2.05, 4.69) is 16.0 Å². The number of esters is 1. The van der Waals surface area contributed by atoms with Crippen LogP contribution in [-0.4, -0.2) is 117 Å². The Balaban J connectivity index is 1.95. The third-order valence-electron chi connectivity index (χ3n) is 6.75. The lowest BCUT2D eigenvalue weighted by atomic mass is 10.0. The summed E-state index contributed by atoms with van der Waals surface area (Å²) in [4.78, 5) is 77.0. The Bertz CT molecular complexity index is 1270. The van der Waals surface area contributed by atoms with E-state index in [1.165, 1.54) is 13.8 Å². The molecule has 3 rings (SSSR count). The van der Waals surface area contributed by atoms with E-state index in [0.29, 0.717) is 0 Å². The van der Waals surface area contributed by atoms with Crippen LogP contribution in [0.2, 0.25) is 0 Å². The minimum atomic E-state index is -1.64. The molecule has 0 aromatic heterocycles. The van der Waals surface area contributed by atoms with Gasteiger partial charge >= 0.3 is 11.9 Å². The summed E-state index contributed by atoms with van der Waals surface area (Å²) in [7, 11) is 0. The molecule has 17 heteroatoms. The van der Waals surface area contributed by atoms with Gasteiger partial charge in [0.05, 0.1) is 17.7 Å². The van der Waals surface area contributed by atoms with Gasteiger partial charge in [0.1, 0.15) is 42.8 Å². The van der Waals surface area contributed by atoms with Gasteiger partial charge in [0, 0.05) is 35.2 Å². The second kappa shape index (κ2) is 13.7. The zero-order chi connectivity index (χ0) is 31.3. The number of aliphatic hydroxyl groups excluding tert-OH is 1. The fourth-order valence-corrected chi connectivity index (χ4v) is 5.61. The summed E-state index contributed by atoms with van der Waals surface area (Å²) < 4.78 is 5.31. The number of aliphatic hydroxyl groups is 1. The number of hydrogen-bond acceptors (Lipinski definition) is 12. The van der Waals surface area contributed by atoms with Crippen LogP contribution in [-0.2, 0) is 34.5 Å². The maximum Gasteiger partial charge on any atom is 0.339 e. The molecule has 0 radical (unpaired) electrons. The van der Waals surface area contributed by atoms with E-state index in [9.17, 15) is 44.1 Å². The van der Waals surface area contributed by atoms with Crippen LogP contribution in [0.5, 0.6) is 11.5 Å². The highest BCUT2D eigenvalue weighted by Crippen LogP contribution is 2.35. The van der Waals surface area contributed by atoms with Crippen LogP contribution in [0.1, 0.15) is 34.8 Å². The number of nitrogens with one attached hydrogen (secondary N) is 3. The summed E-state index contributed by atoms with van der Waals surface area (Å²) in [5.41, 5.74) is 5.64. The number of carbonyl (C=O) groups is 6. The molecule has 0 saturated carbocycles. The van der Waals surface area contributed by atoms with Gasteiger partial charge in [-0.1, -0.05) is 0 Å². The topological polar surface area (TPSA) is 258 Å². The molecule has 42 heavy (non-hydrogen) atoms. The molecule has 2 aliphatic rings. The SMILES string of the molecule is Cc1c(O)cc(O)c2c1C(=O)OC[C@H](NC(=O)[C@@H]1[C@@H](O)CCN1C(=O)[C@H](C)N)C(=O)N[C@H](C(=O)NCC(=O)O)CSC2. The average molecular weight is 612 g/mol. The summed E-state index contributed by atoms with van der Waals surface area (Å²) in [6.07, 6.45) is -1.22. The number of fused-ring (bicyclic) bond motifs is 1. The molecule has 0 spiro atoms. The van der Waals surface area contributed by atoms with Crippen molar-refractivity contribution in [2.24, 2.45) is 5.73 Å². The molecule has 2 aliphatic heterocycles. The number of likely N-dealkylation sites (tertiary alicyclic amines) is 1. The smallest absolute Gasteiger partial charge is 0.339 e. The molecule has 1 saturated heterocycles. The normalized spacial score (nSPS) is 23.8. The molecule has 1 aromatic carbocycles. The van der Waals surface area contributed by atoms with Gasteiger partial charge in [0.2, 0.25) is 23.6 Å². The molecule has 1 fully saturated rings. The average Bonchev–Trinajstić information content (AvgIpc) is 3.31. The van der Waals surface area contributed by atoms with Crippen molar-refractivity contribution in [2.45, 2.75) is 56.3 Å². The summed E-state index contributed by atoms with van der Waals surface area (Å²) in [5.74, 6) is -6.79. The number of hydrogen-bond donors (Lipinski definition) is 8. The van der Waals surface area contributed by atoms with Crippen LogP contribution in [0, 0.1) is 6.92 Å². The fourth-order valence-electron chi connectivity index (χ4n) is 4.52. The second-order valence-electron chi connectivity index (χ2n) is 9.86. The highest BCUT2D eigenvalue weighted by atomic mass is 32.2. The monoisotopic (exact) mass is 611 g/mol. The van der Waals surface area contributed by atoms with E-state index in [-0.39, 0.29) is 41.2 Å². The van der Waals surface area contributed by atoms with Gasteiger partial charge in [-0.15, -0.1) is 0 Å². The van der Waals surface area contributed by atoms with Crippen molar-refractivity contribution in [1.82, 2.24) is 20.9 Å². The van der Waals surface area contributed by atoms with Gasteiger partial charge in [-0.25, -0.2) is 4.79 Å². The molecular weight excluding hydrogens is 578 g/mol. The summed E-state index contributed by atoms with van der Waals surface area (Å²) in [6, 6.07) is -4.31. The number of aliphatic carboxylic acids is 1. The molecule has 9 N–H and O–H groups in total. The Morgan fingerprint density at radius 3 is 2.55 bits per heavy atom. The van der Waals surface area contributed by atoms with Crippen molar-refractivity contribution in [1.29, 1.82) is 0 Å². The molecular formula is C25H33N5O11S. The number of nitrogens with two attached hydrogens (primary N) is 1. The Morgan fingerprint density at radius 1 is 1.21 bits per heavy atom. The Hall–Kier alpha value is -4.09. The van der Waals surface area contributed by atoms with Gasteiger partial charge in [0.15, 0.2) is 0 Å². The van der Waals surface area contributed by atoms with E-state index >= 15 is 0 Å². The van der Waals surface area contributed by atoms with E-state index in [1.54, 1.807) is 0 Å². The molecule has 0 bridgehead atoms. The van der Waals surface area contributed by atoms with E-state index < -0.39 is 90.5 Å². The largest absolute Gasteiger partial charge is 0.508 e. The molecule has 4 amide bonds. The molecule has 16 nitrogen and oxygen atoms in total. The number of aromatic hydroxyl groups is 2. The number of ether oxygens (including phenoxy) is 1. The van der Waals surface area contributed by atoms with Crippen molar-refractivity contribution in [3.05, 3.63) is 22.8 Å². The lowest BCUT2D eigenvalue weighted by molar-refractivity contribution is -0.142. The number of carboxylic acids is 1. The van der Waals surface area contributed by atoms with Crippen molar-refractivity contribution in [3.8, 4) is 11.5 Å². The van der Waals surface area contributed by atoms with Crippen LogP contribution in [0.25, 0.3) is 0 Å². The number of thioether (sulfide) groups is 1. The molecule has 2 heterocycles. The Kier molecular flexibility index (Phi) is 10.6. The van der Waals surface area contributed by atoms with Crippen molar-refractivity contribution in [3.63, 3.8) is 0 Å². The quantitative estimate of drug-likeness (QED) is 0.152. The number of phenols is 2. The second-order valence-corrected chi connectivity index (χ2v) is 10.9. The molecule has 0 unspecified atom stereocenters. The Morgan fingerprint density at radius 2 is 1.90 bits per heavy atom. The highest BCUT2D eigenvalue weighted by Gasteiger charge is 2.43. The van der Waals surface area contributed by atoms with E-state index in [1.807, 2.05) is 0 Å². The van der Waals surface area contributed by atoms with Crippen LogP contribution in [0.4, 0.5) is 0 Å². The van der Waals surface area contributed by atoms with Gasteiger partial charge < -0.3 is 51.7 Å². The predicted molar refractivity (Wildman–Crippen MR) is 145 cm³/mol. The zero-order valence-corrected chi connectivity index (χ0v) is 23.6. The summed E-state index contributed by atoms with van der Waals surface area (Å²) in [6.45, 7) is 1.32. The third-order valence-corrected chi connectivity index (χ3v) is 7.81. The lowest BCUT2D eigenvalue weighted by Crippen LogP contribution is -2.60. The molecule has 5 atom stereocenters. The van der Waals surface area contributed by atoms with Gasteiger partial charge in [-0.2, -0.15) is 11.8 Å². The maximum atomic E-state index is 13.3. The minimum Gasteiger partial charge on any atom is -0.508 e. The first-order chi connectivity index (χ1) is 19.7. The van der Waals surface area contributed by atoms with Crippen LogP contribution >= 0.6 is 11.8 Å². The molecule has 230 valence electrons. The number of nitrogens with zero attached hydrogens (tertiary/aromatic N) is 1. The number of amides is 4. The first-order valence-electron chi connectivity index (χ1n) is 12.9. The molecule has 1 aromatic rings. The number of carbonyl (C=O) groups excluding carboxylic acids is 5. The number of benzene rings is 1. The number of phenolic OH excluding ortho intramolecular Hbond substituents is 2. The zero-order valence-electron chi connectivity index (χ0n) is 22.8. The van der Waals surface area contributed by atoms with Gasteiger partial charge in [-0.05, 0) is 20.3 Å². The van der Waals surface area contributed by atoms with Crippen LogP contribution in [0.3, 0.4) is 0 Å². The Labute approximate surface area is 243 Å². The van der Waals surface area contributed by atoms with Crippen molar-refractivity contribution >= 4 is 47.3 Å². The third kappa shape index (κ3) is 7.40. The first-order valence-corrected chi connectivity index (χ1v) is 14.0. The van der Waals surface area contributed by atoms with E-state index in [4.69, 9.17) is 15.6 Å². The standard InChI is InChI=1S/C25H33N5O11S/c1-10-16(32)5-17(33)12-8-42-9-14(21(36)27-6-18(34)35)29-22(37)13(7-41-25(40)19(10)12)28-23(38)20-15(31)3-4-30(20)24(39)11(2)26/h5,11,13-15,20,31-33H,3-4,6-9,26H2,1-2H3,(H,27,36)(H,28,38)(H,29,37)(H,34,35)/t11-,13-,14-,15-,20-/m0/s1. The minimum absolute atomic E-state index is 0.0254. The first kappa shape index (κ1) is 32.4. The van der Waals surface area contributed by atoms with Crippen LogP contribution in [0.15, 0.2) is 6.07 Å². The highest BCUT2D eigenvalue weighted by molar-refractivity contribution is 7.98. The maximum absolute atomic E-state index is 13.3. The summed E-state index contributed by atoms with van der Waals surface area (Å²) >= 11 is 1.01. The van der Waals surface area contributed by atoms with Crippen molar-refractivity contribution < 1.29 is 53.9 Å². The predicted octanol–water partition coefficient (Wildman–Crippen LogP) is -2.71. The number of carboxylic acid groups (broad SMARTS) is 1. The lowest BCUT2D eigenvalue weighted by Gasteiger charge is -2.29. The van der Waals surface area contributed by atoms with E-state index in [0.717, 1.165) is 22.7 Å². The fraction of sp³-hybridized carbons (Fsp3) is 0.520. The molecule has 0 aliphatic carbocycles.